The van der Waals surface area contributed by atoms with Crippen LogP contribution in [0.4, 0.5) is 11.4 Å². The molecule has 0 radical (unpaired) electrons. The number of carbonyl (C=O) groups is 1. The van der Waals surface area contributed by atoms with Crippen molar-refractivity contribution in [1.82, 2.24) is 15.5 Å². The largest absolute Gasteiger partial charge is 0.369 e. The highest BCUT2D eigenvalue weighted by molar-refractivity contribution is 5.94. The van der Waals surface area contributed by atoms with E-state index in [1.165, 1.54) is 11.3 Å². The minimum atomic E-state index is 0.0748. The summed E-state index contributed by atoms with van der Waals surface area (Å²) in [6.07, 6.45) is 1.57. The van der Waals surface area contributed by atoms with Crippen molar-refractivity contribution in [1.29, 1.82) is 0 Å². The quantitative estimate of drug-likeness (QED) is 0.355. The molecule has 1 unspecified atom stereocenters. The molecule has 1 fully saturated rings. The molecule has 0 saturated carbocycles. The molecular formula is C25H34N6O. The first kappa shape index (κ1) is 22.1. The summed E-state index contributed by atoms with van der Waals surface area (Å²) < 4.78 is 0. The van der Waals surface area contributed by atoms with Crippen molar-refractivity contribution in [3.63, 3.8) is 0 Å². The summed E-state index contributed by atoms with van der Waals surface area (Å²) in [7, 11) is 1.79. The first-order valence-electron chi connectivity index (χ1n) is 11.6. The van der Waals surface area contributed by atoms with Crippen molar-refractivity contribution in [3.05, 3.63) is 60.2 Å². The molecule has 0 aromatic heterocycles. The summed E-state index contributed by atoms with van der Waals surface area (Å²) in [4.78, 5) is 21.4. The molecule has 3 N–H and O–H groups in total. The monoisotopic (exact) mass is 434 g/mol. The molecule has 0 aliphatic carbocycles. The zero-order valence-electron chi connectivity index (χ0n) is 18.9. The summed E-state index contributed by atoms with van der Waals surface area (Å²) >= 11 is 0. The van der Waals surface area contributed by atoms with Gasteiger partial charge in [-0.2, -0.15) is 0 Å². The predicted octanol–water partition coefficient (Wildman–Crippen LogP) is 2.49. The third-order valence-corrected chi connectivity index (χ3v) is 6.28. The van der Waals surface area contributed by atoms with Crippen LogP contribution in [0.2, 0.25) is 0 Å². The van der Waals surface area contributed by atoms with Crippen molar-refractivity contribution in [2.45, 2.75) is 18.8 Å². The lowest BCUT2D eigenvalue weighted by Crippen LogP contribution is -2.47. The van der Waals surface area contributed by atoms with E-state index in [0.29, 0.717) is 13.0 Å². The number of nitrogens with one attached hydrogen (secondary N) is 3. The van der Waals surface area contributed by atoms with Crippen LogP contribution in [-0.2, 0) is 4.79 Å². The van der Waals surface area contributed by atoms with Crippen molar-refractivity contribution in [2.24, 2.45) is 4.99 Å². The zero-order chi connectivity index (χ0) is 22.2. The van der Waals surface area contributed by atoms with Gasteiger partial charge in [0, 0.05) is 70.0 Å². The fourth-order valence-electron chi connectivity index (χ4n) is 4.50. The average molecular weight is 435 g/mol. The van der Waals surface area contributed by atoms with Gasteiger partial charge in [0.15, 0.2) is 5.96 Å². The number of piperazine rings is 1. The molecule has 1 saturated heterocycles. The van der Waals surface area contributed by atoms with Gasteiger partial charge < -0.3 is 20.9 Å². The molecule has 32 heavy (non-hydrogen) atoms. The fourth-order valence-corrected chi connectivity index (χ4v) is 4.50. The fraction of sp³-hybridized carbons (Fsp3) is 0.440. The van der Waals surface area contributed by atoms with Crippen molar-refractivity contribution in [3.8, 4) is 0 Å². The van der Waals surface area contributed by atoms with E-state index in [1.807, 2.05) is 18.2 Å². The molecule has 2 aromatic carbocycles. The maximum absolute atomic E-state index is 12.0. The number of nitrogens with zero attached hydrogens (tertiary/aromatic N) is 3. The number of hydrogen-bond acceptors (Lipinski definition) is 4. The first-order chi connectivity index (χ1) is 15.7. The Morgan fingerprint density at radius 3 is 2.56 bits per heavy atom. The van der Waals surface area contributed by atoms with Crippen LogP contribution in [-0.4, -0.2) is 69.6 Å². The number of aliphatic imine (C=N–C) groups is 1. The summed E-state index contributed by atoms with van der Waals surface area (Å²) in [5, 5.41) is 9.78. The second-order valence-corrected chi connectivity index (χ2v) is 8.43. The number of anilines is 2. The number of fused-ring (bicyclic) bond motifs is 1. The maximum atomic E-state index is 12.0. The van der Waals surface area contributed by atoms with Gasteiger partial charge in [-0.25, -0.2) is 0 Å². The molecule has 4 rings (SSSR count). The highest BCUT2D eigenvalue weighted by Crippen LogP contribution is 2.31. The van der Waals surface area contributed by atoms with Crippen LogP contribution in [0.15, 0.2) is 59.6 Å². The third kappa shape index (κ3) is 5.79. The Morgan fingerprint density at radius 2 is 1.78 bits per heavy atom. The Morgan fingerprint density at radius 1 is 1.03 bits per heavy atom. The Kier molecular flexibility index (Phi) is 7.61. The minimum Gasteiger partial charge on any atom is -0.369 e. The van der Waals surface area contributed by atoms with Gasteiger partial charge in [0.05, 0.1) is 0 Å². The number of carbonyl (C=O) groups excluding carboxylic acids is 1. The van der Waals surface area contributed by atoms with E-state index in [0.717, 1.165) is 57.3 Å². The van der Waals surface area contributed by atoms with E-state index in [-0.39, 0.29) is 11.8 Å². The number of guanidine groups is 1. The van der Waals surface area contributed by atoms with Gasteiger partial charge in [-0.05, 0) is 36.7 Å². The van der Waals surface area contributed by atoms with Crippen LogP contribution >= 0.6 is 0 Å². The standard InChI is InChI=1S/C25H34N6O/c1-26-25(28-19-20-18-24(32)29-23-11-6-5-10-22(20)23)27-12-7-13-30-14-16-31(17-15-30)21-8-3-2-4-9-21/h2-6,8-11,20H,7,12-19H2,1H3,(H,29,32)(H2,26,27,28). The molecule has 170 valence electrons. The lowest BCUT2D eigenvalue weighted by atomic mass is 9.90. The molecule has 2 aromatic rings. The van der Waals surface area contributed by atoms with Gasteiger partial charge in [0.25, 0.3) is 0 Å². The first-order valence-corrected chi connectivity index (χ1v) is 11.6. The Balaban J connectivity index is 1.15. The van der Waals surface area contributed by atoms with Crippen molar-refractivity contribution >= 4 is 23.2 Å². The van der Waals surface area contributed by atoms with Crippen LogP contribution < -0.4 is 20.9 Å². The van der Waals surface area contributed by atoms with Gasteiger partial charge >= 0.3 is 0 Å². The summed E-state index contributed by atoms with van der Waals surface area (Å²) in [5.74, 6) is 1.02. The SMILES string of the molecule is CN=C(NCCCN1CCN(c2ccccc2)CC1)NCC1CC(=O)Nc2ccccc21. The van der Waals surface area contributed by atoms with Crippen molar-refractivity contribution < 1.29 is 4.79 Å². The number of para-hydroxylation sites is 2. The van der Waals surface area contributed by atoms with Crippen LogP contribution in [0.5, 0.6) is 0 Å². The van der Waals surface area contributed by atoms with E-state index in [2.05, 4.69) is 67.1 Å². The number of amides is 1. The second kappa shape index (κ2) is 11.0. The van der Waals surface area contributed by atoms with E-state index >= 15 is 0 Å². The topological polar surface area (TPSA) is 72.0 Å². The van der Waals surface area contributed by atoms with Crippen LogP contribution in [0, 0.1) is 0 Å². The van der Waals surface area contributed by atoms with E-state index < -0.39 is 0 Å². The van der Waals surface area contributed by atoms with E-state index in [9.17, 15) is 4.79 Å². The third-order valence-electron chi connectivity index (χ3n) is 6.28. The summed E-state index contributed by atoms with van der Waals surface area (Å²) in [6.45, 7) is 7.01. The molecule has 7 nitrogen and oxygen atoms in total. The Labute approximate surface area is 190 Å². The normalized spacial score (nSPS) is 19.3. The predicted molar refractivity (Wildman–Crippen MR) is 132 cm³/mol. The maximum Gasteiger partial charge on any atom is 0.225 e. The van der Waals surface area contributed by atoms with Gasteiger partial charge in [-0.3, -0.25) is 14.7 Å². The molecule has 0 bridgehead atoms. The van der Waals surface area contributed by atoms with E-state index in [1.54, 1.807) is 7.05 Å². The van der Waals surface area contributed by atoms with Gasteiger partial charge in [-0.15, -0.1) is 0 Å². The number of hydrogen-bond donors (Lipinski definition) is 3. The van der Waals surface area contributed by atoms with Gasteiger partial charge in [-0.1, -0.05) is 36.4 Å². The minimum absolute atomic E-state index is 0.0748. The van der Waals surface area contributed by atoms with Crippen LogP contribution in [0.3, 0.4) is 0 Å². The van der Waals surface area contributed by atoms with E-state index in [4.69, 9.17) is 0 Å². The van der Waals surface area contributed by atoms with Gasteiger partial charge in [0.2, 0.25) is 5.91 Å². The number of rotatable bonds is 7. The van der Waals surface area contributed by atoms with Crippen LogP contribution in [0.25, 0.3) is 0 Å². The molecule has 2 aliphatic rings. The lowest BCUT2D eigenvalue weighted by Gasteiger charge is -2.36. The second-order valence-electron chi connectivity index (χ2n) is 8.43. The highest BCUT2D eigenvalue weighted by Gasteiger charge is 2.24. The number of benzene rings is 2. The van der Waals surface area contributed by atoms with Crippen LogP contribution in [0.1, 0.15) is 24.3 Å². The Hall–Kier alpha value is -3.06. The Bertz CT molecular complexity index is 908. The summed E-state index contributed by atoms with van der Waals surface area (Å²) in [5.41, 5.74) is 3.43. The summed E-state index contributed by atoms with van der Waals surface area (Å²) in [6, 6.07) is 18.7. The van der Waals surface area contributed by atoms with Crippen molar-refractivity contribution in [2.75, 3.05) is 63.1 Å². The molecule has 7 heteroatoms. The molecule has 0 spiro atoms. The molecule has 2 heterocycles. The van der Waals surface area contributed by atoms with Gasteiger partial charge in [0.1, 0.15) is 0 Å². The lowest BCUT2D eigenvalue weighted by molar-refractivity contribution is -0.116. The highest BCUT2D eigenvalue weighted by atomic mass is 16.1. The molecular weight excluding hydrogens is 400 g/mol. The smallest absolute Gasteiger partial charge is 0.225 e. The molecule has 1 amide bonds. The molecule has 2 aliphatic heterocycles. The zero-order valence-corrected chi connectivity index (χ0v) is 18.9. The average Bonchev–Trinajstić information content (AvgIpc) is 2.84. The molecule has 1 atom stereocenters.